The number of nitrogens with zero attached hydrogens (tertiary/aromatic N) is 1. The van der Waals surface area contributed by atoms with Crippen molar-refractivity contribution in [2.24, 2.45) is 0 Å². The Hall–Kier alpha value is -8.71. The molecular formula is C82H103N5O11. The molecule has 0 aliphatic rings. The number of methoxy groups -OCH3 is 2. The Bertz CT molecular complexity index is 3540. The van der Waals surface area contributed by atoms with E-state index in [1.165, 1.54) is 27.8 Å². The number of amides is 3. The van der Waals surface area contributed by atoms with Gasteiger partial charge in [-0.1, -0.05) is 182 Å². The van der Waals surface area contributed by atoms with Crippen molar-refractivity contribution in [1.29, 1.82) is 0 Å². The highest BCUT2D eigenvalue weighted by molar-refractivity contribution is 5.76. The fourth-order valence-electron chi connectivity index (χ4n) is 11.4. The molecule has 8 rings (SSSR count). The second-order valence-electron chi connectivity index (χ2n) is 24.9. The molecule has 8 aromatic carbocycles. The molecule has 7 N–H and O–H groups in total. The summed E-state index contributed by atoms with van der Waals surface area (Å²) in [6, 6.07) is 64.3. The van der Waals surface area contributed by atoms with Crippen molar-refractivity contribution in [2.45, 2.75) is 142 Å². The predicted molar refractivity (Wildman–Crippen MR) is 389 cm³/mol. The fourth-order valence-corrected chi connectivity index (χ4v) is 11.4. The number of hydrogen-bond acceptors (Lipinski definition) is 13. The summed E-state index contributed by atoms with van der Waals surface area (Å²) in [5.41, 5.74) is 15.7. The van der Waals surface area contributed by atoms with Gasteiger partial charge in [0.15, 0.2) is 0 Å². The van der Waals surface area contributed by atoms with Crippen molar-refractivity contribution >= 4 is 24.3 Å². The molecule has 3 atom stereocenters. The number of aryl methyl sites for hydroxylation is 6. The molecule has 0 unspecified atom stereocenters. The molecule has 0 fully saturated rings. The van der Waals surface area contributed by atoms with Crippen LogP contribution in [0.25, 0.3) is 0 Å². The van der Waals surface area contributed by atoms with Crippen LogP contribution in [0.15, 0.2) is 194 Å². The number of nitrogens with one attached hydrogen (secondary N) is 4. The van der Waals surface area contributed by atoms with Crippen LogP contribution < -0.4 is 26.0 Å². The Kier molecular flexibility index (Phi) is 34.6. The van der Waals surface area contributed by atoms with E-state index in [2.05, 4.69) is 99.8 Å². The molecule has 0 heterocycles. The first-order valence-electron chi connectivity index (χ1n) is 34.5. The minimum Gasteiger partial charge on any atom is -0.487 e. The second kappa shape index (κ2) is 44.3. The normalized spacial score (nSPS) is 12.0. The van der Waals surface area contributed by atoms with Crippen LogP contribution >= 0.6 is 0 Å². The average Bonchev–Trinajstić information content (AvgIpc) is 0.876. The molecule has 0 aliphatic heterocycles. The summed E-state index contributed by atoms with van der Waals surface area (Å²) in [7, 11) is 3.37. The van der Waals surface area contributed by atoms with Gasteiger partial charge in [-0.15, -0.1) is 0 Å². The van der Waals surface area contributed by atoms with Gasteiger partial charge >= 0.3 is 12.2 Å². The predicted octanol–water partition coefficient (Wildman–Crippen LogP) is 14.7. The maximum atomic E-state index is 12.0. The van der Waals surface area contributed by atoms with Gasteiger partial charge in [0.1, 0.15) is 25.6 Å². The Balaban J connectivity index is 0.000000300. The molecule has 98 heavy (non-hydrogen) atoms. The largest absolute Gasteiger partial charge is 0.487 e. The minimum absolute atomic E-state index is 0.0596. The molecule has 0 aliphatic carbocycles. The van der Waals surface area contributed by atoms with Crippen molar-refractivity contribution < 1.29 is 53.4 Å². The lowest BCUT2D eigenvalue weighted by atomic mass is 10.0. The van der Waals surface area contributed by atoms with Crippen LogP contribution in [0.3, 0.4) is 0 Å². The average molecular weight is 1330 g/mol. The lowest BCUT2D eigenvalue weighted by Crippen LogP contribution is -2.33. The molecule has 0 aromatic heterocycles. The smallest absolute Gasteiger partial charge is 0.407 e. The maximum Gasteiger partial charge on any atom is 0.407 e. The van der Waals surface area contributed by atoms with E-state index in [1.54, 1.807) is 26.4 Å². The molecule has 0 saturated carbocycles. The zero-order valence-electron chi connectivity index (χ0n) is 57.8. The van der Waals surface area contributed by atoms with Crippen molar-refractivity contribution in [2.75, 3.05) is 65.4 Å². The molecule has 0 spiro atoms. The lowest BCUT2D eigenvalue weighted by Gasteiger charge is -2.28. The van der Waals surface area contributed by atoms with E-state index >= 15 is 0 Å². The Morgan fingerprint density at radius 1 is 0.459 bits per heavy atom. The van der Waals surface area contributed by atoms with Crippen LogP contribution in [0.2, 0.25) is 0 Å². The number of alkyl carbamates (subject to hydrolysis) is 2. The number of unbranched alkanes of at least 4 members (excludes halogenated alkanes) is 4. The van der Waals surface area contributed by atoms with Gasteiger partial charge in [0.05, 0.1) is 43.8 Å². The van der Waals surface area contributed by atoms with Crippen LogP contribution in [-0.2, 0) is 82.5 Å². The van der Waals surface area contributed by atoms with Gasteiger partial charge in [0.25, 0.3) is 0 Å². The zero-order valence-corrected chi connectivity index (χ0v) is 57.8. The number of hydrogen-bond donors (Lipinski definition) is 7. The zero-order chi connectivity index (χ0) is 69.4. The number of aliphatic hydroxyl groups excluding tert-OH is 3. The van der Waals surface area contributed by atoms with Gasteiger partial charge in [0, 0.05) is 40.4 Å². The monoisotopic (exact) mass is 1330 g/mol. The topological polar surface area (TPSA) is 209 Å². The number of rotatable bonds is 42. The first-order chi connectivity index (χ1) is 47.9. The van der Waals surface area contributed by atoms with Crippen molar-refractivity contribution in [3.8, 4) is 5.75 Å². The van der Waals surface area contributed by atoms with Gasteiger partial charge in [-0.05, 0) is 194 Å². The van der Waals surface area contributed by atoms with E-state index in [0.717, 1.165) is 128 Å². The Labute approximate surface area is 581 Å². The van der Waals surface area contributed by atoms with E-state index < -0.39 is 18.3 Å². The van der Waals surface area contributed by atoms with Crippen LogP contribution in [0.5, 0.6) is 5.75 Å². The SMILES string of the molecule is COCc1cc([C@@H](CO)NCCCCc2ccc(CCCCNC(=O)OCc3ccccc3)cc2)ccc1C.COCc1cc([C@@H](O)CN(CCCCc2ccc(CCCCNC(=O)OCc3ccccc3)cc2)C[C@H](O)c2ccc(OCc3ccccc3)c(NC=O)c2)ccc1C. The number of benzene rings is 8. The fraction of sp³-hybridized carbons (Fsp3) is 0.378. The summed E-state index contributed by atoms with van der Waals surface area (Å²) in [5.74, 6) is 0.509. The number of anilines is 1. The lowest BCUT2D eigenvalue weighted by molar-refractivity contribution is -0.105. The van der Waals surface area contributed by atoms with Crippen LogP contribution in [0.1, 0.15) is 148 Å². The summed E-state index contributed by atoms with van der Waals surface area (Å²) in [6.45, 7) is 9.49. The van der Waals surface area contributed by atoms with E-state index in [9.17, 15) is 29.7 Å². The van der Waals surface area contributed by atoms with E-state index in [0.29, 0.717) is 76.0 Å². The molecule has 8 aromatic rings. The molecule has 0 radical (unpaired) electrons. The summed E-state index contributed by atoms with van der Waals surface area (Å²) >= 11 is 0. The van der Waals surface area contributed by atoms with Gasteiger partial charge in [-0.2, -0.15) is 0 Å². The Morgan fingerprint density at radius 3 is 1.32 bits per heavy atom. The third kappa shape index (κ3) is 28.4. The number of carbonyl (C=O) groups is 3. The molecule has 0 saturated heterocycles. The molecular weight excluding hydrogens is 1230 g/mol. The highest BCUT2D eigenvalue weighted by Crippen LogP contribution is 2.31. The molecule has 16 heteroatoms. The summed E-state index contributed by atoms with van der Waals surface area (Å²) in [6.07, 6.45) is 9.81. The van der Waals surface area contributed by atoms with Crippen molar-refractivity contribution in [3.05, 3.63) is 272 Å². The van der Waals surface area contributed by atoms with Crippen molar-refractivity contribution in [3.63, 3.8) is 0 Å². The van der Waals surface area contributed by atoms with E-state index in [4.69, 9.17) is 23.7 Å². The first kappa shape index (κ1) is 76.7. The molecule has 0 bridgehead atoms. The molecule has 16 nitrogen and oxygen atoms in total. The van der Waals surface area contributed by atoms with Crippen LogP contribution in [-0.4, -0.2) is 98.9 Å². The van der Waals surface area contributed by atoms with Gasteiger partial charge in [0.2, 0.25) is 6.41 Å². The summed E-state index contributed by atoms with van der Waals surface area (Å²) in [4.78, 5) is 37.4. The number of carbonyl (C=O) groups excluding carboxylic acids is 3. The number of ether oxygens (including phenoxy) is 5. The standard InChI is InChI=1S/C49H59N3O7.C33H44N2O4/c1-37-19-24-42(29-44(37)35-57-2)46(54)31-52(32-47(55)43-25-26-48(45(30-43)51-36-53)58-33-40-15-5-3-6-16-40)28-12-10-14-39-22-20-38(21-23-39)13-9-11-27-50-49(56)59-34-41-17-7-4-8-18-41;1-26-14-19-30(22-31(26)25-38-2)32(23-36)34-20-8-6-10-27-15-17-28(18-16-27)11-7-9-21-35-33(37)39-24-29-12-4-3-5-13-29/h3-8,15-26,29-30,36,46-47,54-55H,9-14,27-28,31-35H2,1-2H3,(H,50,56)(H,51,53);3-5,12-19,22,32,34,36H,6-11,20-21,23-25H2,1-2H3,(H,35,37)/t46-,47-;32-/m01/s1. The highest BCUT2D eigenvalue weighted by atomic mass is 16.6. The van der Waals surface area contributed by atoms with Crippen LogP contribution in [0, 0.1) is 13.8 Å². The third-order valence-corrected chi connectivity index (χ3v) is 17.3. The summed E-state index contributed by atoms with van der Waals surface area (Å²) in [5, 5.41) is 44.8. The van der Waals surface area contributed by atoms with Crippen molar-refractivity contribution in [1.82, 2.24) is 20.9 Å². The number of aliphatic hydroxyl groups is 3. The summed E-state index contributed by atoms with van der Waals surface area (Å²) < 4.78 is 27.2. The maximum absolute atomic E-state index is 12.0. The van der Waals surface area contributed by atoms with E-state index in [1.807, 2.05) is 122 Å². The molecule has 522 valence electrons. The minimum atomic E-state index is -0.878. The first-order valence-corrected chi connectivity index (χ1v) is 34.5. The Morgan fingerprint density at radius 2 is 0.867 bits per heavy atom. The highest BCUT2D eigenvalue weighted by Gasteiger charge is 2.21. The van der Waals surface area contributed by atoms with Gasteiger partial charge < -0.3 is 60.3 Å². The third-order valence-electron chi connectivity index (χ3n) is 17.3. The quantitative estimate of drug-likeness (QED) is 0.0140. The van der Waals surface area contributed by atoms with Gasteiger partial charge in [-0.3, -0.25) is 9.69 Å². The van der Waals surface area contributed by atoms with E-state index in [-0.39, 0.29) is 31.9 Å². The second-order valence-corrected chi connectivity index (χ2v) is 24.9. The molecule has 3 amide bonds. The van der Waals surface area contributed by atoms with Crippen LogP contribution in [0.4, 0.5) is 15.3 Å². The van der Waals surface area contributed by atoms with Gasteiger partial charge in [-0.25, -0.2) is 9.59 Å².